The standard InChI is InChI=1S/C22H19ClF2N4O2S/c1-3-30-18-10-14(7-8-17(18)31-12-15-5-4-6-16(23)9-15)11-19-13(2)28-29-21(20(24)25)26-27-22(29)32-19/h4-11,20H,3,12H2,1-2H3/b19-11-. The number of nitrogens with zero attached hydrogens (tertiary/aromatic N) is 4. The fourth-order valence-corrected chi connectivity index (χ4v) is 4.11. The van der Waals surface area contributed by atoms with Crippen LogP contribution in [0.2, 0.25) is 5.02 Å². The van der Waals surface area contributed by atoms with Crippen LogP contribution in [-0.2, 0) is 6.61 Å². The van der Waals surface area contributed by atoms with Crippen molar-refractivity contribution in [2.24, 2.45) is 5.10 Å². The Kier molecular flexibility index (Phi) is 6.76. The van der Waals surface area contributed by atoms with Crippen molar-refractivity contribution in [2.75, 3.05) is 6.61 Å². The van der Waals surface area contributed by atoms with Crippen LogP contribution in [-0.4, -0.2) is 27.2 Å². The van der Waals surface area contributed by atoms with Gasteiger partial charge in [0, 0.05) is 9.93 Å². The zero-order chi connectivity index (χ0) is 22.7. The summed E-state index contributed by atoms with van der Waals surface area (Å²) in [5.74, 6) is 0.741. The summed E-state index contributed by atoms with van der Waals surface area (Å²) in [6.07, 6.45) is -0.848. The van der Waals surface area contributed by atoms with Gasteiger partial charge in [-0.25, -0.2) is 8.78 Å². The van der Waals surface area contributed by atoms with Gasteiger partial charge in [0.05, 0.1) is 12.3 Å². The summed E-state index contributed by atoms with van der Waals surface area (Å²) >= 11 is 7.27. The van der Waals surface area contributed by atoms with Gasteiger partial charge in [0.15, 0.2) is 11.5 Å². The van der Waals surface area contributed by atoms with Gasteiger partial charge in [-0.1, -0.05) is 29.8 Å². The molecule has 0 spiro atoms. The molecular weight excluding hydrogens is 458 g/mol. The summed E-state index contributed by atoms with van der Waals surface area (Å²) in [4.78, 5) is 0.778. The Hall–Kier alpha value is -2.91. The first kappa shape index (κ1) is 22.3. The molecule has 0 amide bonds. The number of rotatable bonds is 7. The van der Waals surface area contributed by atoms with Gasteiger partial charge in [0.1, 0.15) is 6.61 Å². The second kappa shape index (κ2) is 9.70. The largest absolute Gasteiger partial charge is 0.490 e. The lowest BCUT2D eigenvalue weighted by Gasteiger charge is -2.15. The summed E-state index contributed by atoms with van der Waals surface area (Å²) in [5.41, 5.74) is 2.38. The number of hydrogen-bond donors (Lipinski definition) is 0. The molecule has 0 fully saturated rings. The number of allylic oxidation sites excluding steroid dienone is 1. The maximum Gasteiger partial charge on any atom is 0.299 e. The number of hydrogen-bond acceptors (Lipinski definition) is 6. The Morgan fingerprint density at radius 1 is 1.12 bits per heavy atom. The van der Waals surface area contributed by atoms with Crippen molar-refractivity contribution in [1.29, 1.82) is 0 Å². The van der Waals surface area contributed by atoms with Crippen molar-refractivity contribution >= 4 is 35.2 Å². The molecule has 166 valence electrons. The second-order valence-electron chi connectivity index (χ2n) is 6.81. The number of ether oxygens (including phenoxy) is 2. The SMILES string of the molecule is CCOc1cc(/C=C2\Sc3nnc(C(F)F)n3N=C2C)ccc1OCc1cccc(Cl)c1. The van der Waals surface area contributed by atoms with E-state index >= 15 is 0 Å². The predicted octanol–water partition coefficient (Wildman–Crippen LogP) is 6.22. The zero-order valence-corrected chi connectivity index (χ0v) is 18.8. The highest BCUT2D eigenvalue weighted by Crippen LogP contribution is 2.36. The third-order valence-corrected chi connectivity index (χ3v) is 5.79. The Bertz CT molecular complexity index is 1200. The van der Waals surface area contributed by atoms with Crippen molar-refractivity contribution in [1.82, 2.24) is 14.9 Å². The molecule has 1 aliphatic heterocycles. The van der Waals surface area contributed by atoms with Crippen molar-refractivity contribution in [3.05, 3.63) is 69.3 Å². The maximum atomic E-state index is 13.1. The summed E-state index contributed by atoms with van der Waals surface area (Å²) in [6, 6.07) is 13.1. The molecule has 4 rings (SSSR count). The monoisotopic (exact) mass is 476 g/mol. The molecule has 0 N–H and O–H groups in total. The van der Waals surface area contributed by atoms with Gasteiger partial charge < -0.3 is 9.47 Å². The molecule has 3 aromatic rings. The van der Waals surface area contributed by atoms with E-state index in [-0.39, 0.29) is 0 Å². The first-order chi connectivity index (χ1) is 15.4. The third kappa shape index (κ3) is 4.94. The molecule has 2 aromatic carbocycles. The van der Waals surface area contributed by atoms with Crippen LogP contribution in [0, 0.1) is 0 Å². The lowest BCUT2D eigenvalue weighted by molar-refractivity contribution is 0.135. The number of aromatic nitrogens is 3. The van der Waals surface area contributed by atoms with Gasteiger partial charge in [0.2, 0.25) is 11.0 Å². The minimum Gasteiger partial charge on any atom is -0.490 e. The van der Waals surface area contributed by atoms with Crippen LogP contribution in [0.15, 0.2) is 57.6 Å². The summed E-state index contributed by atoms with van der Waals surface area (Å²) < 4.78 is 38.9. The number of halogens is 3. The van der Waals surface area contributed by atoms with E-state index in [0.29, 0.717) is 40.6 Å². The fraction of sp³-hybridized carbons (Fsp3) is 0.227. The predicted molar refractivity (Wildman–Crippen MR) is 121 cm³/mol. The minimum absolute atomic E-state index is 0.295. The van der Waals surface area contributed by atoms with Crippen LogP contribution >= 0.6 is 23.4 Å². The van der Waals surface area contributed by atoms with Crippen molar-refractivity contribution in [3.63, 3.8) is 0 Å². The molecular formula is C22H19ClF2N4O2S. The minimum atomic E-state index is -2.74. The van der Waals surface area contributed by atoms with Gasteiger partial charge in [-0.15, -0.1) is 10.2 Å². The Morgan fingerprint density at radius 2 is 1.97 bits per heavy atom. The lowest BCUT2D eigenvalue weighted by Crippen LogP contribution is -2.09. The van der Waals surface area contributed by atoms with Crippen molar-refractivity contribution in [3.8, 4) is 11.5 Å². The van der Waals surface area contributed by atoms with E-state index in [1.54, 1.807) is 6.92 Å². The highest BCUT2D eigenvalue weighted by Gasteiger charge is 2.25. The first-order valence-corrected chi connectivity index (χ1v) is 11.0. The average molecular weight is 477 g/mol. The van der Waals surface area contributed by atoms with E-state index in [2.05, 4.69) is 15.3 Å². The summed E-state index contributed by atoms with van der Waals surface area (Å²) in [5, 5.41) is 12.5. The Balaban J connectivity index is 1.56. The van der Waals surface area contributed by atoms with E-state index in [0.717, 1.165) is 20.7 Å². The molecule has 1 aromatic heterocycles. The molecule has 0 atom stereocenters. The fourth-order valence-electron chi connectivity index (χ4n) is 3.02. The highest BCUT2D eigenvalue weighted by molar-refractivity contribution is 8.04. The van der Waals surface area contributed by atoms with Gasteiger partial charge in [-0.3, -0.25) is 0 Å². The second-order valence-corrected chi connectivity index (χ2v) is 8.25. The summed E-state index contributed by atoms with van der Waals surface area (Å²) in [6.45, 7) is 4.48. The molecule has 1 aliphatic rings. The summed E-state index contributed by atoms with van der Waals surface area (Å²) in [7, 11) is 0. The molecule has 0 bridgehead atoms. The van der Waals surface area contributed by atoms with Crippen molar-refractivity contribution < 1.29 is 18.3 Å². The molecule has 32 heavy (non-hydrogen) atoms. The molecule has 0 saturated carbocycles. The van der Waals surface area contributed by atoms with Crippen LogP contribution in [0.25, 0.3) is 6.08 Å². The maximum absolute atomic E-state index is 13.1. The normalized spacial score (nSPS) is 14.4. The van der Waals surface area contributed by atoms with E-state index in [1.807, 2.05) is 55.5 Å². The number of thioether (sulfide) groups is 1. The van der Waals surface area contributed by atoms with Gasteiger partial charge in [0.25, 0.3) is 6.43 Å². The van der Waals surface area contributed by atoms with Gasteiger partial charge in [-0.05, 0) is 67.1 Å². The van der Waals surface area contributed by atoms with E-state index < -0.39 is 12.2 Å². The molecule has 2 heterocycles. The first-order valence-electron chi connectivity index (χ1n) is 9.77. The zero-order valence-electron chi connectivity index (χ0n) is 17.3. The Labute approximate surface area is 192 Å². The number of fused-ring (bicyclic) bond motifs is 1. The number of benzene rings is 2. The van der Waals surface area contributed by atoms with Crippen LogP contribution in [0.5, 0.6) is 11.5 Å². The van der Waals surface area contributed by atoms with Gasteiger partial charge in [-0.2, -0.15) is 9.78 Å². The van der Waals surface area contributed by atoms with Crippen LogP contribution in [0.1, 0.15) is 37.2 Å². The van der Waals surface area contributed by atoms with Crippen LogP contribution < -0.4 is 9.47 Å². The quantitative estimate of drug-likeness (QED) is 0.405. The average Bonchev–Trinajstić information content (AvgIpc) is 3.16. The number of alkyl halides is 2. The molecule has 10 heteroatoms. The molecule has 0 unspecified atom stereocenters. The molecule has 6 nitrogen and oxygen atoms in total. The van der Waals surface area contributed by atoms with E-state index in [1.165, 1.54) is 11.8 Å². The van der Waals surface area contributed by atoms with Crippen LogP contribution in [0.3, 0.4) is 0 Å². The van der Waals surface area contributed by atoms with Crippen molar-refractivity contribution in [2.45, 2.75) is 32.0 Å². The lowest BCUT2D eigenvalue weighted by atomic mass is 10.1. The van der Waals surface area contributed by atoms with E-state index in [4.69, 9.17) is 21.1 Å². The third-order valence-electron chi connectivity index (χ3n) is 4.49. The highest BCUT2D eigenvalue weighted by atomic mass is 35.5. The van der Waals surface area contributed by atoms with Gasteiger partial charge >= 0.3 is 0 Å². The van der Waals surface area contributed by atoms with E-state index in [9.17, 15) is 8.78 Å². The molecule has 0 aliphatic carbocycles. The molecule has 0 radical (unpaired) electrons. The Morgan fingerprint density at radius 3 is 2.72 bits per heavy atom. The topological polar surface area (TPSA) is 61.5 Å². The smallest absolute Gasteiger partial charge is 0.299 e. The van der Waals surface area contributed by atoms with Crippen LogP contribution in [0.4, 0.5) is 8.78 Å². The molecule has 0 saturated heterocycles.